The Labute approximate surface area is 157 Å². The second-order valence-electron chi connectivity index (χ2n) is 6.64. The molecular formula is C19H20N2O5S. The van der Waals surface area contributed by atoms with Gasteiger partial charge in [0.15, 0.2) is 11.5 Å². The Morgan fingerprint density at radius 3 is 2.44 bits per heavy atom. The van der Waals surface area contributed by atoms with E-state index in [9.17, 15) is 13.2 Å². The Bertz CT molecular complexity index is 986. The highest BCUT2D eigenvalue weighted by molar-refractivity contribution is 7.92. The molecule has 2 heterocycles. The molecule has 1 N–H and O–H groups in total. The second-order valence-corrected chi connectivity index (χ2v) is 8.33. The maximum Gasteiger partial charge on any atom is 0.261 e. The third kappa shape index (κ3) is 3.44. The van der Waals surface area contributed by atoms with Gasteiger partial charge in [0.25, 0.3) is 10.0 Å². The van der Waals surface area contributed by atoms with Gasteiger partial charge >= 0.3 is 0 Å². The summed E-state index contributed by atoms with van der Waals surface area (Å²) in [4.78, 5) is 14.2. The van der Waals surface area contributed by atoms with Crippen molar-refractivity contribution in [2.75, 3.05) is 23.0 Å². The molecule has 2 aliphatic heterocycles. The van der Waals surface area contributed by atoms with Crippen molar-refractivity contribution in [3.05, 3.63) is 42.0 Å². The van der Waals surface area contributed by atoms with Gasteiger partial charge in [0.05, 0.1) is 16.3 Å². The molecule has 0 bridgehead atoms. The average molecular weight is 388 g/mol. The first kappa shape index (κ1) is 17.7. The van der Waals surface area contributed by atoms with Crippen LogP contribution >= 0.6 is 0 Å². The van der Waals surface area contributed by atoms with E-state index in [-0.39, 0.29) is 17.6 Å². The zero-order valence-electron chi connectivity index (χ0n) is 14.9. The number of rotatable bonds is 4. The number of nitrogens with zero attached hydrogens (tertiary/aromatic N) is 1. The molecule has 0 aromatic heterocycles. The number of anilines is 2. The Morgan fingerprint density at radius 1 is 1.04 bits per heavy atom. The summed E-state index contributed by atoms with van der Waals surface area (Å²) in [6.45, 7) is 2.50. The number of sulfonamides is 1. The summed E-state index contributed by atoms with van der Waals surface area (Å²) in [5.41, 5.74) is 1.76. The molecular weight excluding hydrogens is 368 g/mol. The summed E-state index contributed by atoms with van der Waals surface area (Å²) >= 11 is 0. The number of ether oxygens (including phenoxy) is 2. The number of aryl methyl sites for hydroxylation is 1. The van der Waals surface area contributed by atoms with Crippen molar-refractivity contribution in [1.82, 2.24) is 0 Å². The van der Waals surface area contributed by atoms with Crippen LogP contribution in [0.5, 0.6) is 11.5 Å². The van der Waals surface area contributed by atoms with Gasteiger partial charge in [-0.2, -0.15) is 0 Å². The molecule has 8 heteroatoms. The third-order valence-electron chi connectivity index (χ3n) is 4.68. The van der Waals surface area contributed by atoms with E-state index in [1.807, 2.05) is 6.92 Å². The van der Waals surface area contributed by atoms with E-state index < -0.39 is 10.0 Å². The maximum atomic E-state index is 12.8. The van der Waals surface area contributed by atoms with Crippen LogP contribution in [0, 0.1) is 6.92 Å². The summed E-state index contributed by atoms with van der Waals surface area (Å²) in [5.74, 6) is 0.919. The quantitative estimate of drug-likeness (QED) is 0.870. The van der Waals surface area contributed by atoms with Gasteiger partial charge in [0.2, 0.25) is 12.7 Å². The molecule has 2 aliphatic rings. The topological polar surface area (TPSA) is 84.9 Å². The number of nitrogens with one attached hydrogen (secondary N) is 1. The number of carbonyl (C=O) groups is 1. The van der Waals surface area contributed by atoms with Gasteiger partial charge in [-0.3, -0.25) is 9.52 Å². The minimum Gasteiger partial charge on any atom is -0.454 e. The summed E-state index contributed by atoms with van der Waals surface area (Å²) in [7, 11) is -3.81. The Hall–Kier alpha value is -2.74. The van der Waals surface area contributed by atoms with E-state index in [1.54, 1.807) is 41.3 Å². The SMILES string of the molecule is Cc1ccc(S(=O)(=O)Nc2cc3c(cc2N2CCCCC2=O)OCO3)cc1. The molecule has 1 saturated heterocycles. The van der Waals surface area contributed by atoms with Crippen LogP contribution < -0.4 is 19.1 Å². The van der Waals surface area contributed by atoms with E-state index in [2.05, 4.69) is 4.72 Å². The first-order chi connectivity index (χ1) is 12.9. The van der Waals surface area contributed by atoms with E-state index in [0.29, 0.717) is 35.8 Å². The molecule has 2 aromatic rings. The zero-order valence-corrected chi connectivity index (χ0v) is 15.7. The molecule has 7 nitrogen and oxygen atoms in total. The first-order valence-electron chi connectivity index (χ1n) is 8.77. The Morgan fingerprint density at radius 2 is 1.74 bits per heavy atom. The lowest BCUT2D eigenvalue weighted by molar-refractivity contribution is -0.119. The van der Waals surface area contributed by atoms with Crippen LogP contribution in [0.4, 0.5) is 11.4 Å². The number of piperidine rings is 1. The number of benzene rings is 2. The summed E-state index contributed by atoms with van der Waals surface area (Å²) in [6, 6.07) is 9.82. The van der Waals surface area contributed by atoms with Crippen LogP contribution in [0.15, 0.2) is 41.3 Å². The highest BCUT2D eigenvalue weighted by Gasteiger charge is 2.28. The maximum absolute atomic E-state index is 12.8. The molecule has 1 fully saturated rings. The fraction of sp³-hybridized carbons (Fsp3) is 0.316. The highest BCUT2D eigenvalue weighted by Crippen LogP contribution is 2.42. The van der Waals surface area contributed by atoms with Crippen LogP contribution in [-0.4, -0.2) is 27.7 Å². The van der Waals surface area contributed by atoms with Crippen molar-refractivity contribution in [3.63, 3.8) is 0 Å². The van der Waals surface area contributed by atoms with E-state index in [0.717, 1.165) is 18.4 Å². The molecule has 27 heavy (non-hydrogen) atoms. The van der Waals surface area contributed by atoms with Crippen molar-refractivity contribution in [3.8, 4) is 11.5 Å². The Kier molecular flexibility index (Phi) is 4.43. The number of hydrogen-bond acceptors (Lipinski definition) is 5. The number of fused-ring (bicyclic) bond motifs is 1. The number of amides is 1. The zero-order chi connectivity index (χ0) is 19.0. The Balaban J connectivity index is 1.75. The molecule has 142 valence electrons. The van der Waals surface area contributed by atoms with Crippen LogP contribution in [0.2, 0.25) is 0 Å². The van der Waals surface area contributed by atoms with Gasteiger partial charge < -0.3 is 14.4 Å². The van der Waals surface area contributed by atoms with Gasteiger partial charge in [-0.15, -0.1) is 0 Å². The molecule has 0 saturated carbocycles. The summed E-state index contributed by atoms with van der Waals surface area (Å²) in [5, 5.41) is 0. The molecule has 0 radical (unpaired) electrons. The summed E-state index contributed by atoms with van der Waals surface area (Å²) in [6.07, 6.45) is 2.15. The lowest BCUT2D eigenvalue weighted by Crippen LogP contribution is -2.35. The minimum absolute atomic E-state index is 0.0316. The monoisotopic (exact) mass is 388 g/mol. The second kappa shape index (κ2) is 6.77. The molecule has 2 aromatic carbocycles. The van der Waals surface area contributed by atoms with E-state index >= 15 is 0 Å². The normalized spacial score (nSPS) is 16.5. The molecule has 0 spiro atoms. The van der Waals surface area contributed by atoms with Crippen LogP contribution in [-0.2, 0) is 14.8 Å². The molecule has 0 aliphatic carbocycles. The predicted octanol–water partition coefficient (Wildman–Crippen LogP) is 3.04. The summed E-state index contributed by atoms with van der Waals surface area (Å²) < 4.78 is 39.1. The van der Waals surface area contributed by atoms with Crippen LogP contribution in [0.3, 0.4) is 0 Å². The molecule has 1 amide bonds. The predicted molar refractivity (Wildman–Crippen MR) is 101 cm³/mol. The standard InChI is InChI=1S/C19H20N2O5S/c1-13-5-7-14(8-6-13)27(23,24)20-15-10-17-18(26-12-25-17)11-16(15)21-9-3-2-4-19(21)22/h5-8,10-11,20H,2-4,9,12H2,1H3. The van der Waals surface area contributed by atoms with Crippen LogP contribution in [0.1, 0.15) is 24.8 Å². The van der Waals surface area contributed by atoms with Crippen molar-refractivity contribution >= 4 is 27.3 Å². The van der Waals surface area contributed by atoms with E-state index in [1.165, 1.54) is 0 Å². The van der Waals surface area contributed by atoms with Crippen molar-refractivity contribution < 1.29 is 22.7 Å². The van der Waals surface area contributed by atoms with Gasteiger partial charge in [-0.05, 0) is 31.9 Å². The van der Waals surface area contributed by atoms with Crippen molar-refractivity contribution in [2.45, 2.75) is 31.1 Å². The van der Waals surface area contributed by atoms with E-state index in [4.69, 9.17) is 9.47 Å². The fourth-order valence-electron chi connectivity index (χ4n) is 3.22. The lowest BCUT2D eigenvalue weighted by atomic mass is 10.1. The third-order valence-corrected chi connectivity index (χ3v) is 6.06. The number of hydrogen-bond donors (Lipinski definition) is 1. The fourth-order valence-corrected chi connectivity index (χ4v) is 4.28. The van der Waals surface area contributed by atoms with Gasteiger partial charge in [0.1, 0.15) is 0 Å². The smallest absolute Gasteiger partial charge is 0.261 e. The molecule has 0 unspecified atom stereocenters. The van der Waals surface area contributed by atoms with Crippen molar-refractivity contribution in [1.29, 1.82) is 0 Å². The minimum atomic E-state index is -3.81. The van der Waals surface area contributed by atoms with Gasteiger partial charge in [-0.1, -0.05) is 17.7 Å². The largest absolute Gasteiger partial charge is 0.454 e. The first-order valence-corrected chi connectivity index (χ1v) is 10.3. The van der Waals surface area contributed by atoms with Crippen LogP contribution in [0.25, 0.3) is 0 Å². The van der Waals surface area contributed by atoms with Crippen molar-refractivity contribution in [2.24, 2.45) is 0 Å². The van der Waals surface area contributed by atoms with Gasteiger partial charge in [-0.25, -0.2) is 8.42 Å². The van der Waals surface area contributed by atoms with Gasteiger partial charge in [0, 0.05) is 25.1 Å². The average Bonchev–Trinajstić information content (AvgIpc) is 3.09. The number of carbonyl (C=O) groups excluding carboxylic acids is 1. The molecule has 0 atom stereocenters. The lowest BCUT2D eigenvalue weighted by Gasteiger charge is -2.29. The molecule has 4 rings (SSSR count). The highest BCUT2D eigenvalue weighted by atomic mass is 32.2.